The van der Waals surface area contributed by atoms with Crippen LogP contribution in [-0.4, -0.2) is 11.8 Å². The maximum Gasteiger partial charge on any atom is 0.228 e. The van der Waals surface area contributed by atoms with Crippen LogP contribution in [0.5, 0.6) is 0 Å². The summed E-state index contributed by atoms with van der Waals surface area (Å²) in [4.78, 5) is 23.0. The van der Waals surface area contributed by atoms with E-state index in [0.717, 1.165) is 0 Å². The van der Waals surface area contributed by atoms with E-state index in [4.69, 9.17) is 11.6 Å². The van der Waals surface area contributed by atoms with E-state index in [0.29, 0.717) is 22.0 Å². The zero-order valence-corrected chi connectivity index (χ0v) is 12.6. The molecular weight excluding hydrogens is 307 g/mol. The Balaban J connectivity index is 2.06. The molecule has 2 amide bonds. The normalized spacial score (nSPS) is 10.1. The summed E-state index contributed by atoms with van der Waals surface area (Å²) in [6, 6.07) is 10.6. The lowest BCUT2D eigenvalue weighted by Crippen LogP contribution is -2.15. The van der Waals surface area contributed by atoms with Crippen molar-refractivity contribution < 1.29 is 14.0 Å². The second kappa shape index (κ2) is 7.04. The highest BCUT2D eigenvalue weighted by atomic mass is 35.5. The molecule has 0 radical (unpaired) electrons. The minimum Gasteiger partial charge on any atom is -0.326 e. The highest BCUT2D eigenvalue weighted by Gasteiger charge is 2.08. The molecule has 0 spiro atoms. The van der Waals surface area contributed by atoms with Crippen LogP contribution in [0.15, 0.2) is 42.5 Å². The maximum absolute atomic E-state index is 13.1. The molecule has 0 aliphatic heterocycles. The van der Waals surface area contributed by atoms with Gasteiger partial charge >= 0.3 is 0 Å². The quantitative estimate of drug-likeness (QED) is 0.904. The molecule has 0 aromatic heterocycles. The molecule has 0 aliphatic carbocycles. The first-order valence-electron chi connectivity index (χ1n) is 6.55. The van der Waals surface area contributed by atoms with Gasteiger partial charge in [-0.05, 0) is 35.9 Å². The molecule has 0 atom stereocenters. The SMILES string of the molecule is CC(=O)Nc1cc(NC(=O)Cc2cccc(F)c2)ccc1Cl. The third-order valence-electron chi connectivity index (χ3n) is 2.81. The van der Waals surface area contributed by atoms with Crippen LogP contribution in [0.4, 0.5) is 15.8 Å². The van der Waals surface area contributed by atoms with Gasteiger partial charge in [-0.2, -0.15) is 0 Å². The fraction of sp³-hybridized carbons (Fsp3) is 0.125. The summed E-state index contributed by atoms with van der Waals surface area (Å²) < 4.78 is 13.1. The number of anilines is 2. The Hall–Kier alpha value is -2.40. The Labute approximate surface area is 132 Å². The van der Waals surface area contributed by atoms with Crippen LogP contribution in [0.1, 0.15) is 12.5 Å². The van der Waals surface area contributed by atoms with Crippen molar-refractivity contribution in [1.29, 1.82) is 0 Å². The van der Waals surface area contributed by atoms with Gasteiger partial charge in [0.1, 0.15) is 5.82 Å². The predicted molar refractivity (Wildman–Crippen MR) is 84.5 cm³/mol. The number of carbonyl (C=O) groups is 2. The second-order valence-electron chi connectivity index (χ2n) is 4.73. The minimum absolute atomic E-state index is 0.0514. The number of hydrogen-bond acceptors (Lipinski definition) is 2. The number of halogens is 2. The van der Waals surface area contributed by atoms with Gasteiger partial charge in [0.25, 0.3) is 0 Å². The van der Waals surface area contributed by atoms with Crippen LogP contribution in [0.2, 0.25) is 5.02 Å². The maximum atomic E-state index is 13.1. The Morgan fingerprint density at radius 2 is 1.91 bits per heavy atom. The van der Waals surface area contributed by atoms with Crippen LogP contribution >= 0.6 is 11.6 Å². The third kappa shape index (κ3) is 4.56. The van der Waals surface area contributed by atoms with E-state index < -0.39 is 0 Å². The molecule has 0 saturated heterocycles. The average Bonchev–Trinajstić information content (AvgIpc) is 2.42. The van der Waals surface area contributed by atoms with E-state index in [2.05, 4.69) is 10.6 Å². The van der Waals surface area contributed by atoms with Crippen LogP contribution in [0.3, 0.4) is 0 Å². The molecule has 0 aliphatic rings. The summed E-state index contributed by atoms with van der Waals surface area (Å²) in [5.74, 6) is -0.934. The topological polar surface area (TPSA) is 58.2 Å². The molecule has 114 valence electrons. The van der Waals surface area contributed by atoms with E-state index in [-0.39, 0.29) is 24.1 Å². The number of nitrogens with one attached hydrogen (secondary N) is 2. The van der Waals surface area contributed by atoms with E-state index in [1.54, 1.807) is 30.3 Å². The minimum atomic E-state index is -0.385. The molecule has 6 heteroatoms. The third-order valence-corrected chi connectivity index (χ3v) is 3.14. The summed E-state index contributed by atoms with van der Waals surface area (Å²) in [5, 5.41) is 5.62. The molecule has 0 bridgehead atoms. The lowest BCUT2D eigenvalue weighted by Gasteiger charge is -2.09. The van der Waals surface area contributed by atoms with Crippen molar-refractivity contribution in [3.05, 3.63) is 58.9 Å². The van der Waals surface area contributed by atoms with E-state index in [9.17, 15) is 14.0 Å². The summed E-state index contributed by atoms with van der Waals surface area (Å²) in [7, 11) is 0. The van der Waals surface area contributed by atoms with E-state index in [1.807, 2.05) is 0 Å². The summed E-state index contributed by atoms with van der Waals surface area (Å²) in [5.41, 5.74) is 1.49. The van der Waals surface area contributed by atoms with Crippen molar-refractivity contribution in [2.24, 2.45) is 0 Å². The first-order valence-corrected chi connectivity index (χ1v) is 6.93. The first-order chi connectivity index (χ1) is 10.4. The van der Waals surface area contributed by atoms with Crippen LogP contribution in [0, 0.1) is 5.82 Å². The molecule has 2 N–H and O–H groups in total. The van der Waals surface area contributed by atoms with Crippen LogP contribution < -0.4 is 10.6 Å². The molecule has 22 heavy (non-hydrogen) atoms. The number of hydrogen-bond donors (Lipinski definition) is 2. The standard InChI is InChI=1S/C16H14ClFN2O2/c1-10(21)19-15-9-13(5-6-14(15)17)20-16(22)8-11-3-2-4-12(18)7-11/h2-7,9H,8H2,1H3,(H,19,21)(H,20,22). The molecular formula is C16H14ClFN2O2. The highest BCUT2D eigenvalue weighted by molar-refractivity contribution is 6.33. The molecule has 2 aromatic rings. The van der Waals surface area contributed by atoms with E-state index in [1.165, 1.54) is 19.1 Å². The molecule has 4 nitrogen and oxygen atoms in total. The van der Waals surface area contributed by atoms with Crippen molar-refractivity contribution in [2.45, 2.75) is 13.3 Å². The number of benzene rings is 2. The number of amides is 2. The fourth-order valence-electron chi connectivity index (χ4n) is 1.93. The van der Waals surface area contributed by atoms with Gasteiger partial charge in [0, 0.05) is 12.6 Å². The Morgan fingerprint density at radius 1 is 1.14 bits per heavy atom. The second-order valence-corrected chi connectivity index (χ2v) is 5.14. The van der Waals surface area contributed by atoms with E-state index >= 15 is 0 Å². The Kier molecular flexibility index (Phi) is 5.12. The molecule has 0 saturated carbocycles. The number of carbonyl (C=O) groups excluding carboxylic acids is 2. The number of rotatable bonds is 4. The van der Waals surface area contributed by atoms with Crippen LogP contribution in [0.25, 0.3) is 0 Å². The smallest absolute Gasteiger partial charge is 0.228 e. The van der Waals surface area contributed by atoms with Crippen LogP contribution in [-0.2, 0) is 16.0 Å². The molecule has 2 rings (SSSR count). The molecule has 0 unspecified atom stereocenters. The van der Waals surface area contributed by atoms with Crippen molar-refractivity contribution in [2.75, 3.05) is 10.6 Å². The Bertz CT molecular complexity index is 719. The van der Waals surface area contributed by atoms with Gasteiger partial charge in [0.05, 0.1) is 17.1 Å². The summed E-state index contributed by atoms with van der Waals surface area (Å²) >= 11 is 5.95. The molecule has 0 heterocycles. The fourth-order valence-corrected chi connectivity index (χ4v) is 2.09. The zero-order valence-electron chi connectivity index (χ0n) is 11.8. The summed E-state index contributed by atoms with van der Waals surface area (Å²) in [6.45, 7) is 1.37. The van der Waals surface area contributed by atoms with Gasteiger partial charge in [-0.25, -0.2) is 4.39 Å². The van der Waals surface area contributed by atoms with Crippen molar-refractivity contribution in [3.8, 4) is 0 Å². The van der Waals surface area contributed by atoms with Gasteiger partial charge < -0.3 is 10.6 Å². The predicted octanol–water partition coefficient (Wildman–Crippen LogP) is 3.62. The van der Waals surface area contributed by atoms with Crippen molar-refractivity contribution in [3.63, 3.8) is 0 Å². The highest BCUT2D eigenvalue weighted by Crippen LogP contribution is 2.25. The monoisotopic (exact) mass is 320 g/mol. The largest absolute Gasteiger partial charge is 0.326 e. The van der Waals surface area contributed by atoms with Crippen molar-refractivity contribution in [1.82, 2.24) is 0 Å². The summed E-state index contributed by atoms with van der Waals surface area (Å²) in [6.07, 6.45) is 0.0514. The first kappa shape index (κ1) is 16.0. The Morgan fingerprint density at radius 3 is 2.59 bits per heavy atom. The zero-order chi connectivity index (χ0) is 16.1. The van der Waals surface area contributed by atoms with Gasteiger partial charge in [-0.3, -0.25) is 9.59 Å². The lowest BCUT2D eigenvalue weighted by molar-refractivity contribution is -0.115. The average molecular weight is 321 g/mol. The van der Waals surface area contributed by atoms with Crippen molar-refractivity contribution >= 4 is 34.8 Å². The van der Waals surface area contributed by atoms with Gasteiger partial charge in [-0.15, -0.1) is 0 Å². The molecule has 0 fully saturated rings. The van der Waals surface area contributed by atoms with Gasteiger partial charge in [-0.1, -0.05) is 23.7 Å². The lowest BCUT2D eigenvalue weighted by atomic mass is 10.1. The van der Waals surface area contributed by atoms with Gasteiger partial charge in [0.2, 0.25) is 11.8 Å². The van der Waals surface area contributed by atoms with Gasteiger partial charge in [0.15, 0.2) is 0 Å². The molecule has 2 aromatic carbocycles.